The van der Waals surface area contributed by atoms with Gasteiger partial charge >= 0.3 is 7.75 Å². The van der Waals surface area contributed by atoms with Gasteiger partial charge in [-0.2, -0.15) is 0 Å². The second-order valence-electron chi connectivity index (χ2n) is 4.51. The lowest BCUT2D eigenvalue weighted by atomic mass is 10.0. The van der Waals surface area contributed by atoms with Crippen LogP contribution in [0, 0.1) is 6.92 Å². The molecule has 0 bridgehead atoms. The molecule has 5 heteroatoms. The molecule has 0 saturated heterocycles. The third-order valence-electron chi connectivity index (χ3n) is 2.84. The van der Waals surface area contributed by atoms with E-state index in [1.165, 1.54) is 11.1 Å². The van der Waals surface area contributed by atoms with Gasteiger partial charge in [-0.05, 0) is 32.3 Å². The van der Waals surface area contributed by atoms with Gasteiger partial charge in [-0.3, -0.25) is 9.05 Å². The summed E-state index contributed by atoms with van der Waals surface area (Å²) in [6.45, 7) is 9.03. The zero-order valence-corrected chi connectivity index (χ0v) is 13.1. The summed E-state index contributed by atoms with van der Waals surface area (Å²) >= 11 is 0. The molecular weight excluding hydrogens is 261 g/mol. The third kappa shape index (κ3) is 5.45. The van der Waals surface area contributed by atoms with Crippen molar-refractivity contribution in [3.63, 3.8) is 0 Å². The van der Waals surface area contributed by atoms with Crippen molar-refractivity contribution < 1.29 is 13.6 Å². The lowest BCUT2D eigenvalue weighted by Crippen LogP contribution is -2.20. The maximum absolute atomic E-state index is 12.2. The smallest absolute Gasteiger partial charge is 0.297 e. The maximum Gasteiger partial charge on any atom is 0.405 e. The van der Waals surface area contributed by atoms with Crippen molar-refractivity contribution in [2.45, 2.75) is 33.6 Å². The fourth-order valence-corrected chi connectivity index (χ4v) is 3.16. The van der Waals surface area contributed by atoms with Crippen LogP contribution >= 0.6 is 7.75 Å². The molecule has 1 unspecified atom stereocenters. The molecule has 1 aromatic rings. The van der Waals surface area contributed by atoms with Crippen LogP contribution in [-0.4, -0.2) is 19.8 Å². The molecule has 19 heavy (non-hydrogen) atoms. The summed E-state index contributed by atoms with van der Waals surface area (Å²) in [4.78, 5) is 0. The highest BCUT2D eigenvalue weighted by atomic mass is 31.2. The zero-order valence-electron chi connectivity index (χ0n) is 12.2. The molecule has 1 atom stereocenters. The van der Waals surface area contributed by atoms with Gasteiger partial charge in [0.25, 0.3) is 0 Å². The highest BCUT2D eigenvalue weighted by molar-refractivity contribution is 7.51. The average Bonchev–Trinajstić information content (AvgIpc) is 2.37. The Labute approximate surface area is 116 Å². The molecule has 0 saturated carbocycles. The van der Waals surface area contributed by atoms with E-state index in [9.17, 15) is 4.57 Å². The molecule has 108 valence electrons. The van der Waals surface area contributed by atoms with E-state index in [4.69, 9.17) is 9.05 Å². The number of hydrogen-bond acceptors (Lipinski definition) is 3. The Morgan fingerprint density at radius 3 is 2.16 bits per heavy atom. The molecule has 1 rings (SSSR count). The van der Waals surface area contributed by atoms with Gasteiger partial charge in [-0.15, -0.1) is 0 Å². The molecule has 0 fully saturated rings. The van der Waals surface area contributed by atoms with E-state index in [2.05, 4.69) is 43.2 Å². The summed E-state index contributed by atoms with van der Waals surface area (Å²) in [5.41, 5.74) is 2.44. The van der Waals surface area contributed by atoms with Crippen LogP contribution in [0.5, 0.6) is 0 Å². The van der Waals surface area contributed by atoms with Crippen LogP contribution < -0.4 is 5.09 Å². The minimum Gasteiger partial charge on any atom is -0.297 e. The SMILES string of the molecule is CCOP(=O)(NCC(C)c1ccc(C)cc1)OCC. The number of nitrogens with one attached hydrogen (secondary N) is 1. The number of benzene rings is 1. The molecule has 4 nitrogen and oxygen atoms in total. The monoisotopic (exact) mass is 285 g/mol. The Bertz CT molecular complexity index is 409. The van der Waals surface area contributed by atoms with Crippen LogP contribution in [-0.2, 0) is 13.6 Å². The van der Waals surface area contributed by atoms with E-state index in [1.54, 1.807) is 13.8 Å². The van der Waals surface area contributed by atoms with Crippen LogP contribution in [0.2, 0.25) is 0 Å². The lowest BCUT2D eigenvalue weighted by Gasteiger charge is -2.20. The van der Waals surface area contributed by atoms with Gasteiger partial charge in [0.1, 0.15) is 0 Å². The summed E-state index contributed by atoms with van der Waals surface area (Å²) in [7, 11) is -3.15. The number of hydrogen-bond donors (Lipinski definition) is 1. The fourth-order valence-electron chi connectivity index (χ4n) is 1.73. The van der Waals surface area contributed by atoms with Gasteiger partial charge in [0, 0.05) is 6.54 Å². The highest BCUT2D eigenvalue weighted by Gasteiger charge is 2.23. The normalized spacial score (nSPS) is 13.5. The largest absolute Gasteiger partial charge is 0.405 e. The summed E-state index contributed by atoms with van der Waals surface area (Å²) in [6.07, 6.45) is 0. The van der Waals surface area contributed by atoms with Gasteiger partial charge in [-0.1, -0.05) is 36.8 Å². The molecule has 0 aliphatic carbocycles. The number of rotatable bonds is 8. The van der Waals surface area contributed by atoms with Gasteiger partial charge in [0.2, 0.25) is 0 Å². The van der Waals surface area contributed by atoms with E-state index >= 15 is 0 Å². The molecule has 0 heterocycles. The standard InChI is InChI=1S/C14H24NO3P/c1-5-17-19(16,18-6-2)15-11-13(4)14-9-7-12(3)8-10-14/h7-10,13H,5-6,11H2,1-4H3,(H,15,16). The predicted octanol–water partition coefficient (Wildman–Crippen LogP) is 3.87. The average molecular weight is 285 g/mol. The van der Waals surface area contributed by atoms with Crippen molar-refractivity contribution in [2.24, 2.45) is 0 Å². The fraction of sp³-hybridized carbons (Fsp3) is 0.571. The first-order chi connectivity index (χ1) is 9.00. The van der Waals surface area contributed by atoms with E-state index in [0.29, 0.717) is 19.8 Å². The summed E-state index contributed by atoms with van der Waals surface area (Å²) in [5.74, 6) is 0.245. The summed E-state index contributed by atoms with van der Waals surface area (Å²) < 4.78 is 22.6. The lowest BCUT2D eigenvalue weighted by molar-refractivity contribution is 0.210. The van der Waals surface area contributed by atoms with Gasteiger partial charge in [0.15, 0.2) is 0 Å². The Hall–Kier alpha value is -0.670. The molecular formula is C14H24NO3P. The van der Waals surface area contributed by atoms with Crippen molar-refractivity contribution in [3.05, 3.63) is 35.4 Å². The Morgan fingerprint density at radius 2 is 1.68 bits per heavy atom. The van der Waals surface area contributed by atoms with Crippen molar-refractivity contribution >= 4 is 7.75 Å². The topological polar surface area (TPSA) is 47.6 Å². The van der Waals surface area contributed by atoms with Gasteiger partial charge in [-0.25, -0.2) is 9.65 Å². The summed E-state index contributed by atoms with van der Waals surface area (Å²) in [5, 5.41) is 2.92. The molecule has 0 radical (unpaired) electrons. The van der Waals surface area contributed by atoms with Crippen LogP contribution in [0.4, 0.5) is 0 Å². The van der Waals surface area contributed by atoms with Crippen molar-refractivity contribution in [3.8, 4) is 0 Å². The van der Waals surface area contributed by atoms with E-state index in [1.807, 2.05) is 0 Å². The molecule has 0 amide bonds. The first kappa shape index (κ1) is 16.4. The van der Waals surface area contributed by atoms with Gasteiger partial charge < -0.3 is 0 Å². The zero-order chi connectivity index (χ0) is 14.3. The third-order valence-corrected chi connectivity index (χ3v) is 4.60. The molecule has 1 aromatic carbocycles. The van der Waals surface area contributed by atoms with Gasteiger partial charge in [0.05, 0.1) is 13.2 Å². The van der Waals surface area contributed by atoms with Crippen LogP contribution in [0.25, 0.3) is 0 Å². The Kier molecular flexibility index (Phi) is 6.73. The second-order valence-corrected chi connectivity index (χ2v) is 6.33. The minimum absolute atomic E-state index is 0.245. The molecule has 0 aliphatic rings. The first-order valence-corrected chi connectivity index (χ1v) is 8.25. The van der Waals surface area contributed by atoms with E-state index in [-0.39, 0.29) is 5.92 Å². The van der Waals surface area contributed by atoms with Crippen LogP contribution in [0.15, 0.2) is 24.3 Å². The summed E-state index contributed by atoms with van der Waals surface area (Å²) in [6, 6.07) is 8.34. The maximum atomic E-state index is 12.2. The van der Waals surface area contributed by atoms with Crippen molar-refractivity contribution in [2.75, 3.05) is 19.8 Å². The van der Waals surface area contributed by atoms with Crippen LogP contribution in [0.3, 0.4) is 0 Å². The molecule has 0 aliphatic heterocycles. The second kappa shape index (κ2) is 7.81. The molecule has 0 aromatic heterocycles. The van der Waals surface area contributed by atoms with Crippen LogP contribution in [0.1, 0.15) is 37.8 Å². The van der Waals surface area contributed by atoms with E-state index in [0.717, 1.165) is 0 Å². The minimum atomic E-state index is -3.15. The van der Waals surface area contributed by atoms with Crippen molar-refractivity contribution in [1.82, 2.24) is 5.09 Å². The van der Waals surface area contributed by atoms with Crippen molar-refractivity contribution in [1.29, 1.82) is 0 Å². The molecule has 1 N–H and O–H groups in total. The first-order valence-electron chi connectivity index (χ1n) is 6.71. The Balaban J connectivity index is 2.58. The Morgan fingerprint density at radius 1 is 1.16 bits per heavy atom. The number of aryl methyl sites for hydroxylation is 1. The molecule has 0 spiro atoms. The van der Waals surface area contributed by atoms with E-state index < -0.39 is 7.75 Å². The quantitative estimate of drug-likeness (QED) is 0.737. The highest BCUT2D eigenvalue weighted by Crippen LogP contribution is 2.43. The predicted molar refractivity (Wildman–Crippen MR) is 78.5 cm³/mol.